The van der Waals surface area contributed by atoms with Crippen LogP contribution in [0.25, 0.3) is 11.2 Å². The molecule has 0 bridgehead atoms. The fourth-order valence-corrected chi connectivity index (χ4v) is 9.39. The summed E-state index contributed by atoms with van der Waals surface area (Å²) in [5.41, 5.74) is 3.98. The van der Waals surface area contributed by atoms with E-state index in [-0.39, 0.29) is 61.7 Å². The molecule has 0 saturated carbocycles. The van der Waals surface area contributed by atoms with E-state index in [2.05, 4.69) is 43.5 Å². The second-order valence-electron chi connectivity index (χ2n) is 15.1. The van der Waals surface area contributed by atoms with Crippen LogP contribution in [0.15, 0.2) is 12.7 Å². The highest BCUT2D eigenvalue weighted by Gasteiger charge is 2.47. The van der Waals surface area contributed by atoms with Crippen LogP contribution in [0.3, 0.4) is 0 Å². The lowest BCUT2D eigenvalue weighted by Crippen LogP contribution is -2.47. The van der Waals surface area contributed by atoms with Crippen LogP contribution in [0.4, 0.5) is 5.82 Å². The topological polar surface area (TPSA) is 451 Å². The number of phosphoric acid groups is 3. The Kier molecular flexibility index (Phi) is 19.7. The molecule has 11 atom stereocenters. The minimum atomic E-state index is -5.95. The molecule has 0 radical (unpaired) electrons. The Morgan fingerprint density at radius 1 is 1.00 bits per heavy atom. The van der Waals surface area contributed by atoms with Gasteiger partial charge in [-0.3, -0.25) is 32.9 Å². The van der Waals surface area contributed by atoms with Crippen LogP contribution in [0, 0.1) is 5.41 Å². The molecule has 2 aromatic rings. The van der Waals surface area contributed by atoms with Gasteiger partial charge in [0.25, 0.3) is 15.6 Å². The van der Waals surface area contributed by atoms with Gasteiger partial charge in [0.1, 0.15) is 48.1 Å². The van der Waals surface area contributed by atoms with Crippen LogP contribution in [0.2, 0.25) is 0 Å². The minimum Gasteiger partial charge on any atom is -0.790 e. The van der Waals surface area contributed by atoms with Crippen molar-refractivity contribution in [1.82, 2.24) is 30.2 Å². The summed E-state index contributed by atoms with van der Waals surface area (Å²) in [7, 11) is -17.7. The highest BCUT2D eigenvalue weighted by atomic mass is 32.2. The third-order valence-electron chi connectivity index (χ3n) is 9.43. The van der Waals surface area contributed by atoms with E-state index in [9.17, 15) is 72.9 Å². The molecule has 8 N–H and O–H groups in total. The van der Waals surface area contributed by atoms with Gasteiger partial charge >= 0.3 is 0 Å². The lowest BCUT2D eigenvalue weighted by molar-refractivity contribution is -0.347. The van der Waals surface area contributed by atoms with Crippen molar-refractivity contribution in [2.24, 2.45) is 5.41 Å². The Hall–Kier alpha value is -2.93. The van der Waals surface area contributed by atoms with Crippen molar-refractivity contribution in [2.45, 2.75) is 102 Å². The average molecular weight is 1010 g/mol. The highest BCUT2D eigenvalue weighted by molar-refractivity contribution is 8.13. The highest BCUT2D eigenvalue weighted by Crippen LogP contribution is 2.56. The normalized spacial score (nSPS) is 26.3. The number of carbonyl (C=O) groups excluding carboxylic acids is 4. The summed E-state index contributed by atoms with van der Waals surface area (Å²) in [6.07, 6.45) is -11.8. The van der Waals surface area contributed by atoms with E-state index in [4.69, 9.17) is 19.9 Å². The van der Waals surface area contributed by atoms with Gasteiger partial charge in [-0.1, -0.05) is 25.6 Å². The number of nitrogens with two attached hydrogens (primary N) is 1. The standard InChI is InChI=1S/C32H52N7O22P3S/c1-16-18(41)11-19(42)31(58-16)55-8-5-17(40)10-22(44)65-9-7-34-21(43)4-6-35-29(47)26(46)32(2,3)13-57-64(53,54)61-63(51,52)56-12-20-25(60-62(48,49)50)24(45)30(59-20)39-15-38-23-27(33)36-14-37-28(23)39/h14-16,18-20,24-26,30-31,41-42,45-46H,4-13H2,1-3H3,(H,34,43)(H,35,47)(H,51,52)(H,53,54)(H2,33,36,37)(H2,48,49,50)/p-4/t16-,18+,19+,20+,24+,25+,26-,30+,31+/m0/s1. The zero-order valence-corrected chi connectivity index (χ0v) is 38.2. The quantitative estimate of drug-likeness (QED) is 0.0279. The first-order valence-corrected chi connectivity index (χ1v) is 24.7. The van der Waals surface area contributed by atoms with Gasteiger partial charge in [-0.2, -0.15) is 0 Å². The van der Waals surface area contributed by atoms with Crippen molar-refractivity contribution in [3.8, 4) is 0 Å². The Balaban J connectivity index is 1.14. The summed E-state index contributed by atoms with van der Waals surface area (Å²) in [6, 6.07) is 0. The van der Waals surface area contributed by atoms with Gasteiger partial charge in [-0.25, -0.2) is 19.3 Å². The molecule has 29 nitrogen and oxygen atoms in total. The number of imidazole rings is 1. The smallest absolute Gasteiger partial charge is 0.274 e. The fourth-order valence-electron chi connectivity index (χ4n) is 5.96. The van der Waals surface area contributed by atoms with Gasteiger partial charge in [0.15, 0.2) is 29.1 Å². The van der Waals surface area contributed by atoms with E-state index in [1.165, 1.54) is 0 Å². The molecule has 4 heterocycles. The number of fused-ring (bicyclic) bond motifs is 1. The fraction of sp³-hybridized carbons (Fsp3) is 0.719. The maximum absolute atomic E-state index is 12.6. The first-order valence-electron chi connectivity index (χ1n) is 19.3. The zero-order chi connectivity index (χ0) is 48.5. The van der Waals surface area contributed by atoms with Crippen LogP contribution in [0.1, 0.15) is 52.7 Å². The molecule has 2 aromatic heterocycles. The van der Waals surface area contributed by atoms with Crippen molar-refractivity contribution in [2.75, 3.05) is 44.4 Å². The number of amides is 2. The molecule has 2 aliphatic rings. The van der Waals surface area contributed by atoms with Gasteiger partial charge in [0, 0.05) is 43.5 Å². The monoisotopic (exact) mass is 1010 g/mol. The van der Waals surface area contributed by atoms with E-state index in [0.717, 1.165) is 42.8 Å². The first kappa shape index (κ1) is 54.7. The predicted molar refractivity (Wildman–Crippen MR) is 209 cm³/mol. The summed E-state index contributed by atoms with van der Waals surface area (Å²) in [5.74, 6) is -2.04. The molecule has 2 aliphatic heterocycles. The van der Waals surface area contributed by atoms with Crippen molar-refractivity contribution >= 4 is 74.9 Å². The molecule has 0 aliphatic carbocycles. The number of ether oxygens (including phenoxy) is 3. The SMILES string of the molecule is C[C@@H]1O[C@@H](OCCC(=O)CC(=O)SCCNC(=O)CCNC(=O)[C@H](O)C(C)(C)COP(=O)([O-])OP(=O)([O-])OC[C@H]2O[C@@H](n3cnc4c(N)ncnc43)[C@H](O)[C@@H]2OP(=O)([O-])[O-])[C@H](O)C[C@H]1O. The molecular weight excluding hydrogens is 959 g/mol. The van der Waals surface area contributed by atoms with Gasteiger partial charge < -0.3 is 88.7 Å². The molecule has 2 saturated heterocycles. The number of hydrogen-bond acceptors (Lipinski definition) is 27. The number of nitrogens with zero attached hydrogens (tertiary/aromatic N) is 4. The van der Waals surface area contributed by atoms with Crippen molar-refractivity contribution in [1.29, 1.82) is 0 Å². The van der Waals surface area contributed by atoms with Crippen LogP contribution >= 0.6 is 35.2 Å². The van der Waals surface area contributed by atoms with Crippen LogP contribution < -0.4 is 35.9 Å². The van der Waals surface area contributed by atoms with E-state index in [1.807, 2.05) is 0 Å². The lowest BCUT2D eigenvalue weighted by atomic mass is 9.87. The number of ketones is 1. The number of nitrogens with one attached hydrogen (secondary N) is 2. The number of aliphatic hydroxyl groups excluding tert-OH is 4. The molecule has 65 heavy (non-hydrogen) atoms. The number of anilines is 1. The molecule has 2 amide bonds. The third-order valence-corrected chi connectivity index (χ3v) is 13.3. The van der Waals surface area contributed by atoms with Gasteiger partial charge in [-0.15, -0.1) is 0 Å². The molecule has 0 aromatic carbocycles. The predicted octanol–water partition coefficient (Wildman–Crippen LogP) is -4.64. The van der Waals surface area contributed by atoms with Crippen LogP contribution in [-0.4, -0.2) is 150 Å². The zero-order valence-electron chi connectivity index (χ0n) is 34.7. The number of aromatic nitrogens is 4. The molecule has 33 heteroatoms. The molecule has 4 rings (SSSR count). The number of hydrogen-bond donors (Lipinski definition) is 7. The number of carbonyl (C=O) groups is 4. The third kappa shape index (κ3) is 16.7. The number of aliphatic hydroxyl groups is 4. The molecular formula is C32H48N7O22P3S-4. The summed E-state index contributed by atoms with van der Waals surface area (Å²) >= 11 is 0.795. The van der Waals surface area contributed by atoms with Crippen molar-refractivity contribution in [3.63, 3.8) is 0 Å². The summed E-state index contributed by atoms with van der Waals surface area (Å²) in [5, 5.41) is 45.3. The second-order valence-corrected chi connectivity index (χ2v) is 20.3. The van der Waals surface area contributed by atoms with Gasteiger partial charge in [0.05, 0.1) is 52.6 Å². The summed E-state index contributed by atoms with van der Waals surface area (Å²) in [6.45, 7) is 1.19. The van der Waals surface area contributed by atoms with E-state index in [0.29, 0.717) is 0 Å². The number of phosphoric ester groups is 3. The van der Waals surface area contributed by atoms with Crippen molar-refractivity contribution in [3.05, 3.63) is 12.7 Å². The van der Waals surface area contributed by atoms with Gasteiger partial charge in [0.2, 0.25) is 11.8 Å². The van der Waals surface area contributed by atoms with E-state index < -0.39 is 126 Å². The largest absolute Gasteiger partial charge is 0.790 e. The first-order chi connectivity index (χ1) is 30.2. The number of nitrogen functional groups attached to an aromatic ring is 1. The molecule has 2 fully saturated rings. The Morgan fingerprint density at radius 3 is 2.38 bits per heavy atom. The maximum Gasteiger partial charge on any atom is 0.274 e. The number of rotatable bonds is 25. The second kappa shape index (κ2) is 23.4. The Morgan fingerprint density at radius 2 is 1.69 bits per heavy atom. The summed E-state index contributed by atoms with van der Waals surface area (Å²) in [4.78, 5) is 109. The average Bonchev–Trinajstić information content (AvgIpc) is 3.76. The van der Waals surface area contributed by atoms with E-state index in [1.54, 1.807) is 6.92 Å². The van der Waals surface area contributed by atoms with Crippen molar-refractivity contribution < 1.29 is 105 Å². The van der Waals surface area contributed by atoms with E-state index >= 15 is 0 Å². The lowest BCUT2D eigenvalue weighted by Gasteiger charge is -2.36. The van der Waals surface area contributed by atoms with Crippen LogP contribution in [0.5, 0.6) is 0 Å². The summed E-state index contributed by atoms with van der Waals surface area (Å²) < 4.78 is 71.3. The molecule has 2 unspecified atom stereocenters. The van der Waals surface area contributed by atoms with Crippen LogP contribution in [-0.2, 0) is 65.0 Å². The minimum absolute atomic E-state index is 0.0162. The molecule has 368 valence electrons. The number of Topliss-reactive ketones (excluding diaryl/α,β-unsaturated/α-hetero) is 1. The Labute approximate surface area is 373 Å². The Bertz CT molecular complexity index is 2130. The molecule has 0 spiro atoms. The maximum atomic E-state index is 12.6. The van der Waals surface area contributed by atoms with Gasteiger partial charge in [-0.05, 0) is 6.92 Å². The number of thioether (sulfide) groups is 1.